The van der Waals surface area contributed by atoms with E-state index in [1.54, 1.807) is 0 Å². The molecule has 0 heterocycles. The van der Waals surface area contributed by atoms with Gasteiger partial charge in [-0.05, 0) is 31.1 Å². The highest BCUT2D eigenvalue weighted by molar-refractivity contribution is 5.76. The minimum Gasteiger partial charge on any atom is -0.461 e. The van der Waals surface area contributed by atoms with Gasteiger partial charge in [-0.15, -0.1) is 0 Å². The van der Waals surface area contributed by atoms with Gasteiger partial charge in [0.25, 0.3) is 0 Å². The second-order valence-electron chi connectivity index (χ2n) is 5.89. The first kappa shape index (κ1) is 13.5. The Labute approximate surface area is 98.7 Å². The van der Waals surface area contributed by atoms with Crippen molar-refractivity contribution in [2.75, 3.05) is 0 Å². The SMILES string of the molecule is CC(C)(C)C(N)C(=O)OC1CCCCCC1. The van der Waals surface area contributed by atoms with Crippen molar-refractivity contribution in [2.45, 2.75) is 71.4 Å². The van der Waals surface area contributed by atoms with Crippen LogP contribution in [0.15, 0.2) is 0 Å². The van der Waals surface area contributed by atoms with Crippen LogP contribution in [0.25, 0.3) is 0 Å². The van der Waals surface area contributed by atoms with Crippen LogP contribution >= 0.6 is 0 Å². The summed E-state index contributed by atoms with van der Waals surface area (Å²) in [4.78, 5) is 11.8. The van der Waals surface area contributed by atoms with Gasteiger partial charge in [-0.3, -0.25) is 4.79 Å². The highest BCUT2D eigenvalue weighted by atomic mass is 16.5. The zero-order valence-corrected chi connectivity index (χ0v) is 10.8. The lowest BCUT2D eigenvalue weighted by atomic mass is 9.87. The van der Waals surface area contributed by atoms with Gasteiger partial charge in [0.15, 0.2) is 0 Å². The summed E-state index contributed by atoms with van der Waals surface area (Å²) in [5.74, 6) is -0.237. The fraction of sp³-hybridized carbons (Fsp3) is 0.923. The molecule has 0 spiro atoms. The molecule has 0 aromatic carbocycles. The molecule has 2 N–H and O–H groups in total. The van der Waals surface area contributed by atoms with Gasteiger partial charge in [0.05, 0.1) is 0 Å². The summed E-state index contributed by atoms with van der Waals surface area (Å²) in [5.41, 5.74) is 5.66. The van der Waals surface area contributed by atoms with Gasteiger partial charge in [0.1, 0.15) is 12.1 Å². The molecule has 0 aliphatic heterocycles. The van der Waals surface area contributed by atoms with Gasteiger partial charge in [-0.25, -0.2) is 0 Å². The first-order valence-electron chi connectivity index (χ1n) is 6.37. The largest absolute Gasteiger partial charge is 0.461 e. The van der Waals surface area contributed by atoms with Gasteiger partial charge in [-0.1, -0.05) is 33.6 Å². The summed E-state index contributed by atoms with van der Waals surface area (Å²) < 4.78 is 5.50. The molecule has 0 bridgehead atoms. The van der Waals surface area contributed by atoms with E-state index in [-0.39, 0.29) is 17.5 Å². The molecule has 3 heteroatoms. The Balaban J connectivity index is 2.43. The average Bonchev–Trinajstić information content (AvgIpc) is 2.43. The van der Waals surface area contributed by atoms with Gasteiger partial charge in [0.2, 0.25) is 0 Å². The molecule has 1 saturated carbocycles. The van der Waals surface area contributed by atoms with Crippen LogP contribution in [0.3, 0.4) is 0 Å². The first-order valence-corrected chi connectivity index (χ1v) is 6.37. The molecular weight excluding hydrogens is 202 g/mol. The van der Waals surface area contributed by atoms with Gasteiger partial charge < -0.3 is 10.5 Å². The number of esters is 1. The maximum atomic E-state index is 11.8. The van der Waals surface area contributed by atoms with Crippen LogP contribution in [0.4, 0.5) is 0 Å². The van der Waals surface area contributed by atoms with E-state index in [9.17, 15) is 4.79 Å². The van der Waals surface area contributed by atoms with E-state index < -0.39 is 6.04 Å². The maximum absolute atomic E-state index is 11.8. The summed E-state index contributed by atoms with van der Waals surface area (Å²) >= 11 is 0. The Hall–Kier alpha value is -0.570. The Bertz CT molecular complexity index is 225. The van der Waals surface area contributed by atoms with Crippen molar-refractivity contribution in [3.63, 3.8) is 0 Å². The van der Waals surface area contributed by atoms with Gasteiger partial charge >= 0.3 is 5.97 Å². The summed E-state index contributed by atoms with van der Waals surface area (Å²) in [6.45, 7) is 5.89. The fourth-order valence-corrected chi connectivity index (χ4v) is 1.95. The lowest BCUT2D eigenvalue weighted by Gasteiger charge is -2.27. The van der Waals surface area contributed by atoms with E-state index in [0.717, 1.165) is 12.8 Å². The molecule has 0 aromatic rings. The number of nitrogens with two attached hydrogens (primary N) is 1. The molecule has 0 radical (unpaired) electrons. The second kappa shape index (κ2) is 5.67. The summed E-state index contributed by atoms with van der Waals surface area (Å²) in [6, 6.07) is -0.518. The van der Waals surface area contributed by atoms with Crippen molar-refractivity contribution < 1.29 is 9.53 Å². The Morgan fingerprint density at radius 1 is 1.19 bits per heavy atom. The summed E-state index contributed by atoms with van der Waals surface area (Å²) in [6.07, 6.45) is 6.97. The molecule has 1 rings (SSSR count). The zero-order valence-electron chi connectivity index (χ0n) is 10.8. The van der Waals surface area contributed by atoms with Crippen LogP contribution in [0, 0.1) is 5.41 Å². The molecule has 0 saturated heterocycles. The highest BCUT2D eigenvalue weighted by Gasteiger charge is 2.30. The first-order chi connectivity index (χ1) is 7.41. The van der Waals surface area contributed by atoms with Gasteiger partial charge in [0, 0.05) is 0 Å². The molecule has 3 nitrogen and oxygen atoms in total. The third kappa shape index (κ3) is 4.12. The van der Waals surface area contributed by atoms with Crippen LogP contribution < -0.4 is 5.73 Å². The van der Waals surface area contributed by atoms with E-state index in [4.69, 9.17) is 10.5 Å². The molecule has 1 fully saturated rings. The Morgan fingerprint density at radius 3 is 2.12 bits per heavy atom. The topological polar surface area (TPSA) is 52.3 Å². The van der Waals surface area contributed by atoms with Crippen molar-refractivity contribution in [2.24, 2.45) is 11.1 Å². The summed E-state index contributed by atoms with van der Waals surface area (Å²) in [7, 11) is 0. The predicted octanol–water partition coefficient (Wildman–Crippen LogP) is 2.63. The van der Waals surface area contributed by atoms with Crippen molar-refractivity contribution >= 4 is 5.97 Å². The Kier molecular flexibility index (Phi) is 4.78. The minimum absolute atomic E-state index is 0.100. The van der Waals surface area contributed by atoms with Crippen molar-refractivity contribution in [3.05, 3.63) is 0 Å². The smallest absolute Gasteiger partial charge is 0.323 e. The van der Waals surface area contributed by atoms with Gasteiger partial charge in [-0.2, -0.15) is 0 Å². The standard InChI is InChI=1S/C13H25NO2/c1-13(2,3)11(14)12(15)16-10-8-6-4-5-7-9-10/h10-11H,4-9,14H2,1-3H3. The molecular formula is C13H25NO2. The maximum Gasteiger partial charge on any atom is 0.323 e. The van der Waals surface area contributed by atoms with Crippen LogP contribution in [0.5, 0.6) is 0 Å². The molecule has 1 aliphatic rings. The molecule has 1 unspecified atom stereocenters. The Morgan fingerprint density at radius 2 is 1.69 bits per heavy atom. The van der Waals surface area contributed by atoms with Crippen molar-refractivity contribution in [3.8, 4) is 0 Å². The average molecular weight is 227 g/mol. The normalized spacial score (nSPS) is 21.2. The number of carbonyl (C=O) groups excluding carboxylic acids is 1. The van der Waals surface area contributed by atoms with E-state index in [2.05, 4.69) is 0 Å². The zero-order chi connectivity index (χ0) is 12.2. The number of rotatable bonds is 2. The van der Waals surface area contributed by atoms with Crippen LogP contribution in [0.1, 0.15) is 59.3 Å². The van der Waals surface area contributed by atoms with Crippen molar-refractivity contribution in [1.29, 1.82) is 0 Å². The molecule has 0 aromatic heterocycles. The number of ether oxygens (including phenoxy) is 1. The number of carbonyl (C=O) groups is 1. The number of hydrogen-bond donors (Lipinski definition) is 1. The minimum atomic E-state index is -0.518. The fourth-order valence-electron chi connectivity index (χ4n) is 1.95. The third-order valence-corrected chi connectivity index (χ3v) is 3.27. The van der Waals surface area contributed by atoms with E-state index in [1.807, 2.05) is 20.8 Å². The molecule has 1 aliphatic carbocycles. The summed E-state index contributed by atoms with van der Waals surface area (Å²) in [5, 5.41) is 0. The molecule has 94 valence electrons. The van der Waals surface area contributed by atoms with E-state index in [0.29, 0.717) is 0 Å². The lowest BCUT2D eigenvalue weighted by Crippen LogP contribution is -2.44. The molecule has 0 amide bonds. The second-order valence-corrected chi connectivity index (χ2v) is 5.89. The van der Waals surface area contributed by atoms with Crippen LogP contribution in [-0.4, -0.2) is 18.1 Å². The quantitative estimate of drug-likeness (QED) is 0.583. The lowest BCUT2D eigenvalue weighted by molar-refractivity contribution is -0.153. The van der Waals surface area contributed by atoms with E-state index in [1.165, 1.54) is 25.7 Å². The third-order valence-electron chi connectivity index (χ3n) is 3.27. The van der Waals surface area contributed by atoms with E-state index >= 15 is 0 Å². The highest BCUT2D eigenvalue weighted by Crippen LogP contribution is 2.23. The monoisotopic (exact) mass is 227 g/mol. The van der Waals surface area contributed by atoms with Crippen molar-refractivity contribution in [1.82, 2.24) is 0 Å². The van der Waals surface area contributed by atoms with Crippen LogP contribution in [-0.2, 0) is 9.53 Å². The molecule has 1 atom stereocenters. The number of hydrogen-bond acceptors (Lipinski definition) is 3. The predicted molar refractivity (Wildman–Crippen MR) is 65.0 cm³/mol. The molecule has 16 heavy (non-hydrogen) atoms. The van der Waals surface area contributed by atoms with Crippen LogP contribution in [0.2, 0.25) is 0 Å².